The van der Waals surface area contributed by atoms with E-state index in [2.05, 4.69) is 30.5 Å². The number of rotatable bonds is 4. The van der Waals surface area contributed by atoms with Gasteiger partial charge in [0.25, 0.3) is 0 Å². The SMILES string of the molecule is COc1ccccc1C(N)c1ccc(SC)cc1. The van der Waals surface area contributed by atoms with Crippen LogP contribution in [0.3, 0.4) is 0 Å². The Hall–Kier alpha value is -1.45. The maximum Gasteiger partial charge on any atom is 0.123 e. The highest BCUT2D eigenvalue weighted by Crippen LogP contribution is 2.28. The van der Waals surface area contributed by atoms with E-state index in [-0.39, 0.29) is 6.04 Å². The van der Waals surface area contributed by atoms with Crippen LogP contribution in [-0.4, -0.2) is 13.4 Å². The van der Waals surface area contributed by atoms with Gasteiger partial charge in [0, 0.05) is 10.5 Å². The minimum Gasteiger partial charge on any atom is -0.496 e. The van der Waals surface area contributed by atoms with Gasteiger partial charge in [0.15, 0.2) is 0 Å². The van der Waals surface area contributed by atoms with E-state index in [0.717, 1.165) is 16.9 Å². The molecule has 2 rings (SSSR count). The van der Waals surface area contributed by atoms with Crippen molar-refractivity contribution in [3.8, 4) is 5.75 Å². The summed E-state index contributed by atoms with van der Waals surface area (Å²) in [5.74, 6) is 0.832. The van der Waals surface area contributed by atoms with E-state index in [1.807, 2.05) is 24.3 Å². The first-order chi connectivity index (χ1) is 8.76. The molecule has 0 aromatic heterocycles. The molecule has 0 heterocycles. The van der Waals surface area contributed by atoms with E-state index in [4.69, 9.17) is 10.5 Å². The van der Waals surface area contributed by atoms with Crippen LogP contribution in [0.1, 0.15) is 17.2 Å². The van der Waals surface area contributed by atoms with Crippen molar-refractivity contribution in [2.75, 3.05) is 13.4 Å². The minimum atomic E-state index is -0.156. The normalized spacial score (nSPS) is 12.2. The zero-order valence-corrected chi connectivity index (χ0v) is 11.4. The van der Waals surface area contributed by atoms with Gasteiger partial charge in [-0.25, -0.2) is 0 Å². The Morgan fingerprint density at radius 3 is 2.33 bits per heavy atom. The number of thioether (sulfide) groups is 1. The topological polar surface area (TPSA) is 35.2 Å². The molecule has 0 amide bonds. The summed E-state index contributed by atoms with van der Waals surface area (Å²) < 4.78 is 5.35. The van der Waals surface area contributed by atoms with Crippen molar-refractivity contribution in [3.63, 3.8) is 0 Å². The Balaban J connectivity index is 2.31. The second kappa shape index (κ2) is 5.94. The second-order valence-corrected chi connectivity index (χ2v) is 4.87. The van der Waals surface area contributed by atoms with Crippen LogP contribution in [0.15, 0.2) is 53.4 Å². The van der Waals surface area contributed by atoms with Crippen LogP contribution in [-0.2, 0) is 0 Å². The summed E-state index contributed by atoms with van der Waals surface area (Å²) in [6, 6.07) is 16.0. The summed E-state index contributed by atoms with van der Waals surface area (Å²) in [5, 5.41) is 0. The van der Waals surface area contributed by atoms with Gasteiger partial charge >= 0.3 is 0 Å². The molecule has 0 saturated heterocycles. The minimum absolute atomic E-state index is 0.156. The summed E-state index contributed by atoms with van der Waals surface area (Å²) in [7, 11) is 1.67. The molecule has 2 nitrogen and oxygen atoms in total. The predicted molar refractivity (Wildman–Crippen MR) is 77.2 cm³/mol. The quantitative estimate of drug-likeness (QED) is 0.854. The third-order valence-electron chi connectivity index (χ3n) is 2.95. The average Bonchev–Trinajstić information content (AvgIpc) is 2.46. The van der Waals surface area contributed by atoms with Gasteiger partial charge in [0.05, 0.1) is 13.2 Å². The van der Waals surface area contributed by atoms with Crippen LogP contribution in [0.4, 0.5) is 0 Å². The van der Waals surface area contributed by atoms with E-state index in [0.29, 0.717) is 0 Å². The maximum absolute atomic E-state index is 6.30. The first-order valence-electron chi connectivity index (χ1n) is 5.78. The van der Waals surface area contributed by atoms with Crippen molar-refractivity contribution < 1.29 is 4.74 Å². The van der Waals surface area contributed by atoms with Gasteiger partial charge in [0.2, 0.25) is 0 Å². The van der Waals surface area contributed by atoms with Crippen LogP contribution in [0, 0.1) is 0 Å². The smallest absolute Gasteiger partial charge is 0.123 e. The molecule has 0 spiro atoms. The molecule has 94 valence electrons. The molecule has 2 aromatic carbocycles. The molecule has 0 aliphatic carbocycles. The van der Waals surface area contributed by atoms with Crippen LogP contribution in [0.25, 0.3) is 0 Å². The fraction of sp³-hybridized carbons (Fsp3) is 0.200. The van der Waals surface area contributed by atoms with Crippen molar-refractivity contribution in [2.45, 2.75) is 10.9 Å². The fourth-order valence-electron chi connectivity index (χ4n) is 1.91. The standard InChI is InChI=1S/C15H17NOS/c1-17-14-6-4-3-5-13(14)15(16)11-7-9-12(18-2)10-8-11/h3-10,15H,16H2,1-2H3. The zero-order chi connectivity index (χ0) is 13.0. The number of hydrogen-bond acceptors (Lipinski definition) is 3. The second-order valence-electron chi connectivity index (χ2n) is 3.99. The van der Waals surface area contributed by atoms with Gasteiger partial charge in [-0.05, 0) is 30.0 Å². The van der Waals surface area contributed by atoms with Crippen LogP contribution >= 0.6 is 11.8 Å². The Morgan fingerprint density at radius 2 is 1.72 bits per heavy atom. The molecule has 0 saturated carbocycles. The third kappa shape index (κ3) is 2.68. The number of hydrogen-bond donors (Lipinski definition) is 1. The van der Waals surface area contributed by atoms with Crippen LogP contribution in [0.5, 0.6) is 5.75 Å². The number of benzene rings is 2. The van der Waals surface area contributed by atoms with Gasteiger partial charge in [-0.3, -0.25) is 0 Å². The number of para-hydroxylation sites is 1. The molecule has 0 radical (unpaired) electrons. The molecular formula is C15H17NOS. The van der Waals surface area contributed by atoms with Gasteiger partial charge in [-0.15, -0.1) is 11.8 Å². The van der Waals surface area contributed by atoms with E-state index >= 15 is 0 Å². The van der Waals surface area contributed by atoms with Gasteiger partial charge in [-0.1, -0.05) is 30.3 Å². The largest absolute Gasteiger partial charge is 0.496 e. The Bertz CT molecular complexity index is 510. The maximum atomic E-state index is 6.30. The highest BCUT2D eigenvalue weighted by molar-refractivity contribution is 7.98. The van der Waals surface area contributed by atoms with Crippen LogP contribution < -0.4 is 10.5 Å². The van der Waals surface area contributed by atoms with Crippen molar-refractivity contribution in [3.05, 3.63) is 59.7 Å². The molecule has 2 N–H and O–H groups in total. The summed E-state index contributed by atoms with van der Waals surface area (Å²) >= 11 is 1.73. The molecule has 18 heavy (non-hydrogen) atoms. The average molecular weight is 259 g/mol. The number of nitrogens with two attached hydrogens (primary N) is 1. The highest BCUT2D eigenvalue weighted by Gasteiger charge is 2.13. The lowest BCUT2D eigenvalue weighted by Crippen LogP contribution is -2.12. The van der Waals surface area contributed by atoms with Gasteiger partial charge < -0.3 is 10.5 Å². The molecule has 1 unspecified atom stereocenters. The fourth-order valence-corrected chi connectivity index (χ4v) is 2.32. The number of methoxy groups -OCH3 is 1. The molecule has 0 aliphatic heterocycles. The van der Waals surface area contributed by atoms with Crippen molar-refractivity contribution in [1.29, 1.82) is 0 Å². The molecule has 0 bridgehead atoms. The molecule has 0 aliphatic rings. The van der Waals surface area contributed by atoms with Crippen molar-refractivity contribution in [2.24, 2.45) is 5.73 Å². The lowest BCUT2D eigenvalue weighted by molar-refractivity contribution is 0.408. The summed E-state index contributed by atoms with van der Waals surface area (Å²) in [5.41, 5.74) is 8.40. The highest BCUT2D eigenvalue weighted by atomic mass is 32.2. The van der Waals surface area contributed by atoms with E-state index in [9.17, 15) is 0 Å². The Morgan fingerprint density at radius 1 is 1.06 bits per heavy atom. The summed E-state index contributed by atoms with van der Waals surface area (Å²) in [6.07, 6.45) is 2.06. The molecule has 3 heteroatoms. The first kappa shape index (κ1) is 13.0. The predicted octanol–water partition coefficient (Wildman–Crippen LogP) is 3.47. The van der Waals surface area contributed by atoms with E-state index in [1.54, 1.807) is 18.9 Å². The van der Waals surface area contributed by atoms with E-state index in [1.165, 1.54) is 4.90 Å². The Labute approximate surface area is 112 Å². The Kier molecular flexibility index (Phi) is 4.28. The number of ether oxygens (including phenoxy) is 1. The van der Waals surface area contributed by atoms with Gasteiger partial charge in [-0.2, -0.15) is 0 Å². The summed E-state index contributed by atoms with van der Waals surface area (Å²) in [4.78, 5) is 1.24. The monoisotopic (exact) mass is 259 g/mol. The van der Waals surface area contributed by atoms with Crippen LogP contribution in [0.2, 0.25) is 0 Å². The molecular weight excluding hydrogens is 242 g/mol. The van der Waals surface area contributed by atoms with E-state index < -0.39 is 0 Å². The molecule has 0 fully saturated rings. The first-order valence-corrected chi connectivity index (χ1v) is 7.01. The summed E-state index contributed by atoms with van der Waals surface area (Å²) in [6.45, 7) is 0. The lowest BCUT2D eigenvalue weighted by Gasteiger charge is -2.16. The molecule has 1 atom stereocenters. The van der Waals surface area contributed by atoms with Crippen molar-refractivity contribution >= 4 is 11.8 Å². The van der Waals surface area contributed by atoms with Crippen molar-refractivity contribution in [1.82, 2.24) is 0 Å². The van der Waals surface area contributed by atoms with Gasteiger partial charge in [0.1, 0.15) is 5.75 Å². The third-order valence-corrected chi connectivity index (χ3v) is 3.69. The zero-order valence-electron chi connectivity index (χ0n) is 10.6. The molecule has 2 aromatic rings. The lowest BCUT2D eigenvalue weighted by atomic mass is 9.99.